The molecule has 2 aromatic carbocycles. The molecule has 0 spiro atoms. The van der Waals surface area contributed by atoms with Gasteiger partial charge in [-0.1, -0.05) is 46.3 Å². The monoisotopic (exact) mass is 493 g/mol. The third-order valence-electron chi connectivity index (χ3n) is 5.00. The average Bonchev–Trinajstić information content (AvgIpc) is 2.94. The first-order valence-electron chi connectivity index (χ1n) is 9.00. The van der Waals surface area contributed by atoms with Crippen molar-refractivity contribution in [3.05, 3.63) is 64.2 Å². The van der Waals surface area contributed by atoms with Crippen molar-refractivity contribution in [3.63, 3.8) is 0 Å². The molecule has 27 heavy (non-hydrogen) atoms. The van der Waals surface area contributed by atoms with E-state index in [1.165, 1.54) is 5.56 Å². The van der Waals surface area contributed by atoms with Crippen molar-refractivity contribution in [1.82, 2.24) is 14.0 Å². The SMILES string of the molecule is N=c1n(CCN2CCOCC2)c2ccccc2n1Cc1ccccc1Br.[Br-]. The maximum atomic E-state index is 8.78. The Morgan fingerprint density at radius 3 is 2.22 bits per heavy atom. The summed E-state index contributed by atoms with van der Waals surface area (Å²) < 4.78 is 10.7. The van der Waals surface area contributed by atoms with E-state index in [9.17, 15) is 0 Å². The number of para-hydroxylation sites is 2. The summed E-state index contributed by atoms with van der Waals surface area (Å²) in [6.07, 6.45) is 0. The molecule has 1 fully saturated rings. The Labute approximate surface area is 178 Å². The number of imidazole rings is 1. The van der Waals surface area contributed by atoms with Gasteiger partial charge in [-0.25, -0.2) is 0 Å². The summed E-state index contributed by atoms with van der Waals surface area (Å²) in [7, 11) is 0. The fraction of sp³-hybridized carbons (Fsp3) is 0.350. The molecule has 0 radical (unpaired) electrons. The first kappa shape index (κ1) is 20.3. The minimum absolute atomic E-state index is 0. The lowest BCUT2D eigenvalue weighted by atomic mass is 10.2. The number of fused-ring (bicyclic) bond motifs is 1. The van der Waals surface area contributed by atoms with Crippen LogP contribution in [0.2, 0.25) is 0 Å². The van der Waals surface area contributed by atoms with Gasteiger partial charge in [-0.05, 0) is 23.8 Å². The van der Waals surface area contributed by atoms with Crippen LogP contribution >= 0.6 is 15.9 Å². The van der Waals surface area contributed by atoms with Gasteiger partial charge in [-0.2, -0.15) is 0 Å². The molecule has 0 amide bonds. The molecule has 4 rings (SSSR count). The third kappa shape index (κ3) is 4.37. The number of rotatable bonds is 5. The maximum Gasteiger partial charge on any atom is 0.203 e. The quantitative estimate of drug-likeness (QED) is 0.545. The Morgan fingerprint density at radius 1 is 0.889 bits per heavy atom. The summed E-state index contributed by atoms with van der Waals surface area (Å²) >= 11 is 3.63. The highest BCUT2D eigenvalue weighted by molar-refractivity contribution is 9.10. The van der Waals surface area contributed by atoms with E-state index in [1.807, 2.05) is 18.2 Å². The first-order chi connectivity index (χ1) is 12.7. The summed E-state index contributed by atoms with van der Waals surface area (Å²) in [5.74, 6) is 0. The fourth-order valence-electron chi connectivity index (χ4n) is 3.54. The molecule has 1 N–H and O–H groups in total. The number of aromatic nitrogens is 2. The zero-order chi connectivity index (χ0) is 17.9. The van der Waals surface area contributed by atoms with Crippen molar-refractivity contribution in [2.75, 3.05) is 32.8 Å². The van der Waals surface area contributed by atoms with Gasteiger partial charge < -0.3 is 30.9 Å². The van der Waals surface area contributed by atoms with Crippen LogP contribution in [0.1, 0.15) is 5.56 Å². The Bertz CT molecular complexity index is 960. The standard InChI is InChI=1S/C20H23BrN4O.BrH/c21-17-6-2-1-5-16(17)15-25-19-8-4-3-7-18(19)24(20(25)22)10-9-23-11-13-26-14-12-23;/h1-8,22H,9-15H2;1H/p-1. The number of nitrogens with zero attached hydrogens (tertiary/aromatic N) is 3. The molecular formula is C20H23Br2N4O-. The zero-order valence-electron chi connectivity index (χ0n) is 15.1. The van der Waals surface area contributed by atoms with E-state index in [4.69, 9.17) is 10.1 Å². The molecule has 3 aromatic rings. The molecule has 1 aromatic heterocycles. The summed E-state index contributed by atoms with van der Waals surface area (Å²) in [5, 5.41) is 8.78. The number of ether oxygens (including phenoxy) is 1. The lowest BCUT2D eigenvalue weighted by Crippen LogP contribution is -3.00. The second-order valence-corrected chi connectivity index (χ2v) is 7.45. The van der Waals surface area contributed by atoms with Crippen molar-refractivity contribution in [2.45, 2.75) is 13.1 Å². The van der Waals surface area contributed by atoms with Crippen LogP contribution in [0.15, 0.2) is 53.0 Å². The van der Waals surface area contributed by atoms with Crippen LogP contribution in [-0.4, -0.2) is 46.9 Å². The van der Waals surface area contributed by atoms with Crippen LogP contribution in [0.25, 0.3) is 11.0 Å². The molecule has 2 heterocycles. The van der Waals surface area contributed by atoms with E-state index in [2.05, 4.69) is 60.3 Å². The van der Waals surface area contributed by atoms with Crippen molar-refractivity contribution < 1.29 is 21.7 Å². The number of benzene rings is 2. The Kier molecular flexibility index (Phi) is 6.92. The zero-order valence-corrected chi connectivity index (χ0v) is 18.2. The summed E-state index contributed by atoms with van der Waals surface area (Å²) in [6.45, 7) is 6.02. The van der Waals surface area contributed by atoms with E-state index < -0.39 is 0 Å². The Hall–Kier alpha value is -1.41. The summed E-state index contributed by atoms with van der Waals surface area (Å²) in [5.41, 5.74) is 3.96. The van der Waals surface area contributed by atoms with Crippen molar-refractivity contribution >= 4 is 27.0 Å². The van der Waals surface area contributed by atoms with Gasteiger partial charge in [0.1, 0.15) is 0 Å². The van der Waals surface area contributed by atoms with Crippen LogP contribution in [0, 0.1) is 5.41 Å². The van der Waals surface area contributed by atoms with Gasteiger partial charge in [0.15, 0.2) is 0 Å². The van der Waals surface area contributed by atoms with Gasteiger partial charge in [0.2, 0.25) is 5.62 Å². The normalized spacial score (nSPS) is 15.0. The number of hydrogen-bond acceptors (Lipinski definition) is 3. The van der Waals surface area contributed by atoms with Gasteiger partial charge >= 0.3 is 0 Å². The van der Waals surface area contributed by atoms with Crippen LogP contribution in [-0.2, 0) is 17.8 Å². The maximum absolute atomic E-state index is 8.78. The third-order valence-corrected chi connectivity index (χ3v) is 5.78. The van der Waals surface area contributed by atoms with Gasteiger partial charge in [0, 0.05) is 30.7 Å². The fourth-order valence-corrected chi connectivity index (χ4v) is 3.95. The van der Waals surface area contributed by atoms with Crippen molar-refractivity contribution in [3.8, 4) is 0 Å². The molecule has 0 atom stereocenters. The predicted molar refractivity (Wildman–Crippen MR) is 106 cm³/mol. The average molecular weight is 495 g/mol. The van der Waals surface area contributed by atoms with Gasteiger partial charge in [0.05, 0.1) is 30.8 Å². The van der Waals surface area contributed by atoms with Crippen molar-refractivity contribution in [1.29, 1.82) is 5.41 Å². The molecular weight excluding hydrogens is 472 g/mol. The largest absolute Gasteiger partial charge is 1.00 e. The minimum atomic E-state index is 0. The highest BCUT2D eigenvalue weighted by Crippen LogP contribution is 2.19. The highest BCUT2D eigenvalue weighted by atomic mass is 79.9. The molecule has 0 saturated carbocycles. The van der Waals surface area contributed by atoms with Gasteiger partial charge in [-0.15, -0.1) is 0 Å². The minimum Gasteiger partial charge on any atom is -1.00 e. The lowest BCUT2D eigenvalue weighted by molar-refractivity contribution is -0.00000703. The number of hydrogen-bond donors (Lipinski definition) is 1. The number of morpholine rings is 1. The Balaban J connectivity index is 0.00000210. The van der Waals surface area contributed by atoms with E-state index >= 15 is 0 Å². The Morgan fingerprint density at radius 2 is 1.52 bits per heavy atom. The molecule has 1 aliphatic rings. The van der Waals surface area contributed by atoms with Gasteiger partial charge in [0.25, 0.3) is 0 Å². The number of halogens is 2. The van der Waals surface area contributed by atoms with Crippen LogP contribution in [0.3, 0.4) is 0 Å². The van der Waals surface area contributed by atoms with E-state index in [1.54, 1.807) is 0 Å². The van der Waals surface area contributed by atoms with E-state index in [-0.39, 0.29) is 17.0 Å². The topological polar surface area (TPSA) is 46.2 Å². The van der Waals surface area contributed by atoms with E-state index in [0.29, 0.717) is 12.2 Å². The van der Waals surface area contributed by atoms with Crippen LogP contribution < -0.4 is 22.6 Å². The summed E-state index contributed by atoms with van der Waals surface area (Å²) in [6, 6.07) is 16.5. The molecule has 5 nitrogen and oxygen atoms in total. The molecule has 1 aliphatic heterocycles. The molecule has 0 aliphatic carbocycles. The van der Waals surface area contributed by atoms with Crippen molar-refractivity contribution in [2.24, 2.45) is 0 Å². The van der Waals surface area contributed by atoms with Gasteiger partial charge in [-0.3, -0.25) is 10.3 Å². The number of nitrogens with one attached hydrogen (secondary N) is 1. The second-order valence-electron chi connectivity index (χ2n) is 6.60. The van der Waals surface area contributed by atoms with E-state index in [0.717, 1.165) is 54.9 Å². The molecule has 1 saturated heterocycles. The van der Waals surface area contributed by atoms with Crippen LogP contribution in [0.4, 0.5) is 0 Å². The molecule has 0 bridgehead atoms. The molecule has 0 unspecified atom stereocenters. The predicted octanol–water partition coefficient (Wildman–Crippen LogP) is 0.0693. The smallest absolute Gasteiger partial charge is 0.203 e. The first-order valence-corrected chi connectivity index (χ1v) is 9.79. The molecule has 7 heteroatoms. The lowest BCUT2D eigenvalue weighted by Gasteiger charge is -2.26. The molecule has 144 valence electrons. The summed E-state index contributed by atoms with van der Waals surface area (Å²) in [4.78, 5) is 2.41. The van der Waals surface area contributed by atoms with Crippen LogP contribution in [0.5, 0.6) is 0 Å². The highest BCUT2D eigenvalue weighted by Gasteiger charge is 2.14. The second kappa shape index (κ2) is 9.19.